The lowest BCUT2D eigenvalue weighted by atomic mass is 9.87. The molecule has 0 unspecified atom stereocenters. The van der Waals surface area contributed by atoms with Crippen molar-refractivity contribution in [1.82, 2.24) is 15.0 Å². The monoisotopic (exact) mass is 607 g/mol. The molecule has 0 atom stereocenters. The zero-order chi connectivity index (χ0) is 32.1. The van der Waals surface area contributed by atoms with Crippen molar-refractivity contribution in [2.24, 2.45) is 0 Å². The molecule has 8 aromatic rings. The van der Waals surface area contributed by atoms with Gasteiger partial charge in [-0.3, -0.25) is 4.98 Å². The molecule has 5 aromatic carbocycles. The second-order valence-electron chi connectivity index (χ2n) is 12.4. The van der Waals surface area contributed by atoms with Crippen molar-refractivity contribution in [3.8, 4) is 56.0 Å². The molecule has 0 radical (unpaired) electrons. The molecule has 0 aliphatic carbocycles. The van der Waals surface area contributed by atoms with Gasteiger partial charge in [0.2, 0.25) is 0 Å². The maximum Gasteiger partial charge on any atom is 0.161 e. The first-order chi connectivity index (χ1) is 22.9. The van der Waals surface area contributed by atoms with Crippen LogP contribution in [0.3, 0.4) is 0 Å². The summed E-state index contributed by atoms with van der Waals surface area (Å²) in [6.45, 7) is 8.30. The third-order valence-corrected chi connectivity index (χ3v) is 8.76. The van der Waals surface area contributed by atoms with Gasteiger partial charge in [0, 0.05) is 45.0 Å². The highest BCUT2D eigenvalue weighted by atomic mass is 16.3. The molecule has 0 saturated carbocycles. The van der Waals surface area contributed by atoms with E-state index in [4.69, 9.17) is 9.40 Å². The zero-order valence-electron chi connectivity index (χ0n) is 26.9. The van der Waals surface area contributed by atoms with Crippen molar-refractivity contribution in [2.75, 3.05) is 0 Å². The van der Waals surface area contributed by atoms with E-state index in [9.17, 15) is 0 Å². The van der Waals surface area contributed by atoms with Crippen LogP contribution >= 0.6 is 0 Å². The molecule has 0 amide bonds. The van der Waals surface area contributed by atoms with Crippen LogP contribution in [0.1, 0.15) is 22.5 Å². The molecule has 8 rings (SSSR count). The van der Waals surface area contributed by atoms with Gasteiger partial charge in [0.05, 0.1) is 5.69 Å². The molecule has 0 bridgehead atoms. The Kier molecular flexibility index (Phi) is 6.99. The molecule has 3 heterocycles. The first-order valence-corrected chi connectivity index (χ1v) is 15.9. The Morgan fingerprint density at radius 1 is 0.468 bits per heavy atom. The molecule has 0 N–H and O–H groups in total. The van der Waals surface area contributed by atoms with Gasteiger partial charge in [-0.15, -0.1) is 0 Å². The fourth-order valence-corrected chi connectivity index (χ4v) is 6.77. The highest BCUT2D eigenvalue weighted by Crippen LogP contribution is 2.44. The van der Waals surface area contributed by atoms with Crippen molar-refractivity contribution in [3.63, 3.8) is 0 Å². The maximum absolute atomic E-state index is 6.58. The van der Waals surface area contributed by atoms with Crippen LogP contribution in [-0.4, -0.2) is 15.0 Å². The Morgan fingerprint density at radius 2 is 1.13 bits per heavy atom. The van der Waals surface area contributed by atoms with E-state index in [0.717, 1.165) is 66.8 Å². The zero-order valence-corrected chi connectivity index (χ0v) is 26.9. The molecule has 226 valence electrons. The Labute approximate surface area is 274 Å². The Bertz CT molecular complexity index is 2410. The van der Waals surface area contributed by atoms with Crippen LogP contribution in [0.4, 0.5) is 0 Å². The topological polar surface area (TPSA) is 51.8 Å². The number of nitrogens with zero attached hydrogens (tertiary/aromatic N) is 3. The number of benzene rings is 5. The van der Waals surface area contributed by atoms with Gasteiger partial charge in [0.1, 0.15) is 11.2 Å². The normalized spacial score (nSPS) is 11.4. The lowest BCUT2D eigenvalue weighted by Crippen LogP contribution is -1.95. The summed E-state index contributed by atoms with van der Waals surface area (Å²) in [7, 11) is 0. The van der Waals surface area contributed by atoms with Crippen LogP contribution in [0.2, 0.25) is 0 Å². The van der Waals surface area contributed by atoms with E-state index in [-0.39, 0.29) is 0 Å². The summed E-state index contributed by atoms with van der Waals surface area (Å²) in [4.78, 5) is 14.2. The minimum Gasteiger partial charge on any atom is -0.455 e. The van der Waals surface area contributed by atoms with E-state index in [2.05, 4.69) is 127 Å². The van der Waals surface area contributed by atoms with E-state index in [1.807, 2.05) is 38.2 Å². The summed E-state index contributed by atoms with van der Waals surface area (Å²) in [5.74, 6) is 0.692. The van der Waals surface area contributed by atoms with E-state index in [1.165, 1.54) is 27.8 Å². The lowest BCUT2D eigenvalue weighted by molar-refractivity contribution is 0.670. The van der Waals surface area contributed by atoms with Crippen molar-refractivity contribution in [1.29, 1.82) is 0 Å². The standard InChI is InChI=1S/C43H33N3O/c1-26-20-27(2)22-32(21-26)33-10-5-6-11-34(33)35-18-16-30(40-19-17-31(25-44-40)43-45-28(3)23-29(4)46-43)24-39(35)38-14-9-13-37-36-12-7-8-15-41(36)47-42(37)38/h5-25H,1-4H3. The van der Waals surface area contributed by atoms with Crippen LogP contribution in [0.5, 0.6) is 0 Å². The SMILES string of the molecule is Cc1cc(C)cc(-c2ccccc2-c2ccc(-c3ccc(-c4nc(C)cc(C)n4)cn3)cc2-c2cccc3c2oc2ccccc23)c1. The summed E-state index contributed by atoms with van der Waals surface area (Å²) >= 11 is 0. The number of furan rings is 1. The molecule has 0 spiro atoms. The summed E-state index contributed by atoms with van der Waals surface area (Å²) in [5, 5.41) is 2.22. The van der Waals surface area contributed by atoms with Gasteiger partial charge < -0.3 is 4.42 Å². The third kappa shape index (κ3) is 5.28. The molecule has 0 aliphatic heterocycles. The predicted molar refractivity (Wildman–Crippen MR) is 193 cm³/mol. The molecule has 4 nitrogen and oxygen atoms in total. The average Bonchev–Trinajstić information content (AvgIpc) is 3.46. The van der Waals surface area contributed by atoms with Crippen molar-refractivity contribution >= 4 is 21.9 Å². The van der Waals surface area contributed by atoms with Gasteiger partial charge in [-0.1, -0.05) is 102 Å². The minimum absolute atomic E-state index is 0.692. The third-order valence-electron chi connectivity index (χ3n) is 8.76. The van der Waals surface area contributed by atoms with Crippen LogP contribution in [0.15, 0.2) is 132 Å². The minimum atomic E-state index is 0.692. The highest BCUT2D eigenvalue weighted by Gasteiger charge is 2.19. The van der Waals surface area contributed by atoms with E-state index in [1.54, 1.807) is 0 Å². The van der Waals surface area contributed by atoms with Crippen molar-refractivity contribution < 1.29 is 4.42 Å². The fourth-order valence-electron chi connectivity index (χ4n) is 6.77. The number of fused-ring (bicyclic) bond motifs is 3. The van der Waals surface area contributed by atoms with Gasteiger partial charge in [-0.2, -0.15) is 0 Å². The molecule has 0 fully saturated rings. The van der Waals surface area contributed by atoms with E-state index < -0.39 is 0 Å². The summed E-state index contributed by atoms with van der Waals surface area (Å²) in [6, 6.07) is 42.9. The molecule has 0 aliphatic rings. The van der Waals surface area contributed by atoms with Crippen LogP contribution < -0.4 is 0 Å². The Balaban J connectivity index is 1.34. The number of hydrogen-bond donors (Lipinski definition) is 0. The molecule has 47 heavy (non-hydrogen) atoms. The quantitative estimate of drug-likeness (QED) is 0.195. The molecular formula is C43H33N3O. The van der Waals surface area contributed by atoms with E-state index in [0.29, 0.717) is 5.82 Å². The van der Waals surface area contributed by atoms with Gasteiger partial charge in [0.15, 0.2) is 5.82 Å². The van der Waals surface area contributed by atoms with Gasteiger partial charge in [0.25, 0.3) is 0 Å². The smallest absolute Gasteiger partial charge is 0.161 e. The fraction of sp³-hybridized carbons (Fsp3) is 0.0930. The number of aryl methyl sites for hydroxylation is 4. The van der Waals surface area contributed by atoms with Crippen LogP contribution in [0.25, 0.3) is 78.0 Å². The maximum atomic E-state index is 6.58. The average molecular weight is 608 g/mol. The number of aromatic nitrogens is 3. The van der Waals surface area contributed by atoms with Crippen molar-refractivity contribution in [3.05, 3.63) is 150 Å². The molecular weight excluding hydrogens is 574 g/mol. The predicted octanol–water partition coefficient (Wildman–Crippen LogP) is 11.3. The van der Waals surface area contributed by atoms with Gasteiger partial charge in [-0.25, -0.2) is 9.97 Å². The first-order valence-electron chi connectivity index (χ1n) is 15.9. The second-order valence-corrected chi connectivity index (χ2v) is 12.4. The van der Waals surface area contributed by atoms with Crippen LogP contribution in [0, 0.1) is 27.7 Å². The number of pyridine rings is 1. The highest BCUT2D eigenvalue weighted by molar-refractivity contribution is 6.11. The Morgan fingerprint density at radius 3 is 1.89 bits per heavy atom. The molecule has 0 saturated heterocycles. The van der Waals surface area contributed by atoms with Gasteiger partial charge in [-0.05, 0) is 85.8 Å². The van der Waals surface area contributed by atoms with Gasteiger partial charge >= 0.3 is 0 Å². The summed E-state index contributed by atoms with van der Waals surface area (Å²) in [6.07, 6.45) is 1.87. The summed E-state index contributed by atoms with van der Waals surface area (Å²) in [5.41, 5.74) is 15.8. The number of rotatable bonds is 5. The lowest BCUT2D eigenvalue weighted by Gasteiger charge is -2.17. The largest absolute Gasteiger partial charge is 0.455 e. The van der Waals surface area contributed by atoms with Crippen molar-refractivity contribution in [2.45, 2.75) is 27.7 Å². The van der Waals surface area contributed by atoms with E-state index >= 15 is 0 Å². The molecule has 4 heteroatoms. The number of para-hydroxylation sites is 2. The summed E-state index contributed by atoms with van der Waals surface area (Å²) < 4.78 is 6.58. The first kappa shape index (κ1) is 28.6. The Hall–Kier alpha value is -5.87. The number of hydrogen-bond acceptors (Lipinski definition) is 4. The van der Waals surface area contributed by atoms with Crippen LogP contribution in [-0.2, 0) is 0 Å². The second kappa shape index (κ2) is 11.5. The molecule has 3 aromatic heterocycles.